The minimum absolute atomic E-state index is 0.246. The number of rotatable bonds is 8. The van der Waals surface area contributed by atoms with Gasteiger partial charge in [-0.15, -0.1) is 0 Å². The van der Waals surface area contributed by atoms with E-state index in [1.807, 2.05) is 18.2 Å². The fraction of sp³-hybridized carbons (Fsp3) is 0.368. The number of halogens is 1. The lowest BCUT2D eigenvalue weighted by atomic mass is 10.1. The van der Waals surface area contributed by atoms with E-state index in [0.29, 0.717) is 24.0 Å². The van der Waals surface area contributed by atoms with E-state index in [0.717, 1.165) is 24.2 Å². The highest BCUT2D eigenvalue weighted by Crippen LogP contribution is 2.28. The summed E-state index contributed by atoms with van der Waals surface area (Å²) in [5.74, 6) is 1.76. The summed E-state index contributed by atoms with van der Waals surface area (Å²) in [6, 6.07) is 12.2. The van der Waals surface area contributed by atoms with Gasteiger partial charge in [-0.25, -0.2) is 4.39 Å². The molecule has 2 aromatic rings. The Hall–Kier alpha value is -2.07. The summed E-state index contributed by atoms with van der Waals surface area (Å²) in [6.45, 7) is 6.51. The topological polar surface area (TPSA) is 30.5 Å². The third kappa shape index (κ3) is 5.57. The molecule has 4 heteroatoms. The predicted molar refractivity (Wildman–Crippen MR) is 90.3 cm³/mol. The highest BCUT2D eigenvalue weighted by Gasteiger charge is 2.07. The highest BCUT2D eigenvalue weighted by atomic mass is 19.1. The van der Waals surface area contributed by atoms with Crippen molar-refractivity contribution < 1.29 is 13.9 Å². The molecule has 3 nitrogen and oxygen atoms in total. The standard InChI is InChI=1S/C19H24FNO2/c1-14(2)11-21-12-16-6-9-18(19(10-16)22-3)23-13-15-4-7-17(20)8-5-15/h4-10,14,21H,11-13H2,1-3H3. The van der Waals surface area contributed by atoms with Gasteiger partial charge in [-0.05, 0) is 47.9 Å². The van der Waals surface area contributed by atoms with Crippen molar-refractivity contribution in [1.29, 1.82) is 0 Å². The van der Waals surface area contributed by atoms with Crippen LogP contribution in [0.25, 0.3) is 0 Å². The number of hydrogen-bond donors (Lipinski definition) is 1. The van der Waals surface area contributed by atoms with Crippen LogP contribution in [0.1, 0.15) is 25.0 Å². The fourth-order valence-electron chi connectivity index (χ4n) is 2.19. The van der Waals surface area contributed by atoms with Crippen molar-refractivity contribution in [3.05, 3.63) is 59.4 Å². The lowest BCUT2D eigenvalue weighted by molar-refractivity contribution is 0.284. The monoisotopic (exact) mass is 317 g/mol. The molecule has 124 valence electrons. The number of hydrogen-bond acceptors (Lipinski definition) is 3. The Morgan fingerprint density at radius 3 is 2.35 bits per heavy atom. The van der Waals surface area contributed by atoms with Crippen molar-refractivity contribution in [2.45, 2.75) is 27.0 Å². The van der Waals surface area contributed by atoms with Gasteiger partial charge in [-0.2, -0.15) is 0 Å². The summed E-state index contributed by atoms with van der Waals surface area (Å²) in [5, 5.41) is 3.40. The van der Waals surface area contributed by atoms with Gasteiger partial charge in [0.25, 0.3) is 0 Å². The minimum atomic E-state index is -0.246. The second-order valence-corrected chi connectivity index (χ2v) is 5.93. The molecule has 0 aliphatic rings. The molecule has 0 heterocycles. The van der Waals surface area contributed by atoms with Gasteiger partial charge < -0.3 is 14.8 Å². The molecule has 0 atom stereocenters. The van der Waals surface area contributed by atoms with Crippen molar-refractivity contribution in [1.82, 2.24) is 5.32 Å². The zero-order valence-corrected chi connectivity index (χ0v) is 13.9. The number of nitrogens with one attached hydrogen (secondary N) is 1. The SMILES string of the molecule is COc1cc(CNCC(C)C)ccc1OCc1ccc(F)cc1. The lowest BCUT2D eigenvalue weighted by Crippen LogP contribution is -2.18. The van der Waals surface area contributed by atoms with Crippen LogP contribution in [0.4, 0.5) is 4.39 Å². The third-order valence-electron chi connectivity index (χ3n) is 3.42. The van der Waals surface area contributed by atoms with Crippen molar-refractivity contribution in [3.63, 3.8) is 0 Å². The molecule has 0 radical (unpaired) electrons. The van der Waals surface area contributed by atoms with Crippen molar-refractivity contribution in [2.24, 2.45) is 5.92 Å². The molecule has 0 aliphatic carbocycles. The van der Waals surface area contributed by atoms with Crippen LogP contribution in [-0.2, 0) is 13.2 Å². The molecule has 0 spiro atoms. The van der Waals surface area contributed by atoms with Gasteiger partial charge in [0.05, 0.1) is 7.11 Å². The maximum absolute atomic E-state index is 12.9. The lowest BCUT2D eigenvalue weighted by Gasteiger charge is -2.13. The predicted octanol–water partition coefficient (Wildman–Crippen LogP) is 4.16. The summed E-state index contributed by atoms with van der Waals surface area (Å²) < 4.78 is 24.1. The van der Waals surface area contributed by atoms with Crippen molar-refractivity contribution >= 4 is 0 Å². The van der Waals surface area contributed by atoms with Crippen molar-refractivity contribution in [2.75, 3.05) is 13.7 Å². The second kappa shape index (κ2) is 8.53. The molecule has 0 unspecified atom stereocenters. The number of ether oxygens (including phenoxy) is 2. The quantitative estimate of drug-likeness (QED) is 0.793. The molecule has 2 rings (SSSR count). The van der Waals surface area contributed by atoms with Gasteiger partial charge in [0, 0.05) is 6.54 Å². The zero-order valence-electron chi connectivity index (χ0n) is 13.9. The van der Waals surface area contributed by atoms with E-state index in [1.165, 1.54) is 12.1 Å². The molecule has 1 N–H and O–H groups in total. The van der Waals surface area contributed by atoms with Crippen molar-refractivity contribution in [3.8, 4) is 11.5 Å². The van der Waals surface area contributed by atoms with Crippen LogP contribution in [0.15, 0.2) is 42.5 Å². The summed E-state index contributed by atoms with van der Waals surface area (Å²) >= 11 is 0. The van der Waals surface area contributed by atoms with Gasteiger partial charge in [0.2, 0.25) is 0 Å². The van der Waals surface area contributed by atoms with Gasteiger partial charge in [-0.1, -0.05) is 32.0 Å². The normalized spacial score (nSPS) is 10.8. The van der Waals surface area contributed by atoms with Crippen LogP contribution >= 0.6 is 0 Å². The number of methoxy groups -OCH3 is 1. The van der Waals surface area contributed by atoms with Gasteiger partial charge in [0.15, 0.2) is 11.5 Å². The summed E-state index contributed by atoms with van der Waals surface area (Å²) in [7, 11) is 1.63. The van der Waals surface area contributed by atoms with Crippen LogP contribution in [0.2, 0.25) is 0 Å². The van der Waals surface area contributed by atoms with Gasteiger partial charge in [0.1, 0.15) is 12.4 Å². The molecule has 23 heavy (non-hydrogen) atoms. The fourth-order valence-corrected chi connectivity index (χ4v) is 2.19. The van der Waals surface area contributed by atoms with E-state index in [9.17, 15) is 4.39 Å². The summed E-state index contributed by atoms with van der Waals surface area (Å²) in [4.78, 5) is 0. The number of benzene rings is 2. The molecular formula is C19H24FNO2. The first-order chi connectivity index (χ1) is 11.1. The van der Waals surface area contributed by atoms with Gasteiger partial charge >= 0.3 is 0 Å². The molecule has 0 fully saturated rings. The van der Waals surface area contributed by atoms with E-state index in [1.54, 1.807) is 19.2 Å². The molecule has 0 aliphatic heterocycles. The summed E-state index contributed by atoms with van der Waals surface area (Å²) in [6.07, 6.45) is 0. The molecule has 0 saturated carbocycles. The minimum Gasteiger partial charge on any atom is -0.493 e. The Labute approximate surface area is 137 Å². The third-order valence-corrected chi connectivity index (χ3v) is 3.42. The van der Waals surface area contributed by atoms with Crippen LogP contribution in [-0.4, -0.2) is 13.7 Å². The Morgan fingerprint density at radius 1 is 1.00 bits per heavy atom. The average Bonchev–Trinajstić information content (AvgIpc) is 2.54. The van der Waals surface area contributed by atoms with Crippen LogP contribution in [0.3, 0.4) is 0 Å². The maximum Gasteiger partial charge on any atom is 0.161 e. The Bertz CT molecular complexity index is 611. The first-order valence-electron chi connectivity index (χ1n) is 7.83. The van der Waals surface area contributed by atoms with E-state index in [2.05, 4.69) is 19.2 Å². The largest absolute Gasteiger partial charge is 0.493 e. The molecule has 2 aromatic carbocycles. The van der Waals surface area contributed by atoms with Gasteiger partial charge in [-0.3, -0.25) is 0 Å². The Morgan fingerprint density at radius 2 is 1.70 bits per heavy atom. The molecular weight excluding hydrogens is 293 g/mol. The zero-order chi connectivity index (χ0) is 16.7. The van der Waals surface area contributed by atoms with Crippen LogP contribution in [0.5, 0.6) is 11.5 Å². The highest BCUT2D eigenvalue weighted by molar-refractivity contribution is 5.43. The first-order valence-corrected chi connectivity index (χ1v) is 7.83. The maximum atomic E-state index is 12.9. The Balaban J connectivity index is 1.97. The first kappa shape index (κ1) is 17.3. The molecule has 0 bridgehead atoms. The Kier molecular flexibility index (Phi) is 6.41. The van der Waals surface area contributed by atoms with E-state index < -0.39 is 0 Å². The molecule has 0 saturated heterocycles. The van der Waals surface area contributed by atoms with E-state index in [-0.39, 0.29) is 5.82 Å². The molecule has 0 amide bonds. The second-order valence-electron chi connectivity index (χ2n) is 5.93. The van der Waals surface area contributed by atoms with Crippen LogP contribution in [0, 0.1) is 11.7 Å². The van der Waals surface area contributed by atoms with E-state index >= 15 is 0 Å². The molecule has 0 aromatic heterocycles. The average molecular weight is 317 g/mol. The van der Waals surface area contributed by atoms with E-state index in [4.69, 9.17) is 9.47 Å². The summed E-state index contributed by atoms with van der Waals surface area (Å²) in [5.41, 5.74) is 2.06. The smallest absolute Gasteiger partial charge is 0.161 e. The van der Waals surface area contributed by atoms with Crippen LogP contribution < -0.4 is 14.8 Å².